The molecular weight excluding hydrogens is 406 g/mol. The highest BCUT2D eigenvalue weighted by molar-refractivity contribution is 5.92. The Kier molecular flexibility index (Phi) is 5.77. The summed E-state index contributed by atoms with van der Waals surface area (Å²) >= 11 is 0. The summed E-state index contributed by atoms with van der Waals surface area (Å²) in [5.74, 6) is -0.354. The lowest BCUT2D eigenvalue weighted by atomic mass is 10.1. The third kappa shape index (κ3) is 4.12. The first kappa shape index (κ1) is 21.3. The number of hydrogen-bond donors (Lipinski definition) is 1. The van der Waals surface area contributed by atoms with Gasteiger partial charge in [0.15, 0.2) is 5.52 Å². The van der Waals surface area contributed by atoms with E-state index in [0.717, 1.165) is 21.3 Å². The van der Waals surface area contributed by atoms with E-state index >= 15 is 0 Å². The molecule has 0 fully saturated rings. The molecule has 2 heterocycles. The number of carbonyl (C=O) groups is 1. The fourth-order valence-corrected chi connectivity index (χ4v) is 3.60. The van der Waals surface area contributed by atoms with Gasteiger partial charge in [-0.2, -0.15) is 5.10 Å². The highest BCUT2D eigenvalue weighted by Gasteiger charge is 2.19. The number of hydrogen-bond acceptors (Lipinski definition) is 4. The summed E-state index contributed by atoms with van der Waals surface area (Å²) in [6.07, 6.45) is 1.63. The summed E-state index contributed by atoms with van der Waals surface area (Å²) in [4.78, 5) is 39.2. The van der Waals surface area contributed by atoms with Gasteiger partial charge < -0.3 is 5.32 Å². The van der Waals surface area contributed by atoms with Crippen molar-refractivity contribution in [1.82, 2.24) is 18.9 Å². The molecule has 1 amide bonds. The maximum atomic E-state index is 13.3. The molecule has 4 rings (SSSR count). The molecule has 0 bridgehead atoms. The van der Waals surface area contributed by atoms with Crippen molar-refractivity contribution in [2.24, 2.45) is 0 Å². The first-order valence-corrected chi connectivity index (χ1v) is 10.5. The zero-order valence-electron chi connectivity index (χ0n) is 18.3. The lowest BCUT2D eigenvalue weighted by Gasteiger charge is -2.13. The van der Waals surface area contributed by atoms with Gasteiger partial charge in [-0.05, 0) is 38.0 Å². The zero-order chi connectivity index (χ0) is 22.8. The number of para-hydroxylation sites is 1. The predicted molar refractivity (Wildman–Crippen MR) is 124 cm³/mol. The van der Waals surface area contributed by atoms with E-state index in [2.05, 4.69) is 10.4 Å². The van der Waals surface area contributed by atoms with E-state index in [1.54, 1.807) is 16.9 Å². The first-order chi connectivity index (χ1) is 15.4. The minimum atomic E-state index is -0.543. The Balaban J connectivity index is 1.78. The fourth-order valence-electron chi connectivity index (χ4n) is 3.60. The molecule has 1 N–H and O–H groups in total. The highest BCUT2D eigenvalue weighted by atomic mass is 16.2. The van der Waals surface area contributed by atoms with Crippen molar-refractivity contribution in [2.75, 3.05) is 5.32 Å². The number of nitrogens with one attached hydrogen (secondary N) is 1. The third-order valence-corrected chi connectivity index (χ3v) is 5.45. The van der Waals surface area contributed by atoms with Gasteiger partial charge in [0, 0.05) is 18.4 Å². The lowest BCUT2D eigenvalue weighted by molar-refractivity contribution is -0.116. The average molecular weight is 431 g/mol. The molecule has 0 spiro atoms. The molecule has 0 radical (unpaired) electrons. The molecule has 2 aromatic carbocycles. The Labute approximate surface area is 184 Å². The van der Waals surface area contributed by atoms with E-state index in [1.165, 1.54) is 4.57 Å². The van der Waals surface area contributed by atoms with Gasteiger partial charge in [0.2, 0.25) is 5.91 Å². The van der Waals surface area contributed by atoms with Crippen LogP contribution in [0.5, 0.6) is 0 Å². The number of rotatable bonds is 6. The van der Waals surface area contributed by atoms with Crippen LogP contribution in [0.2, 0.25) is 0 Å². The van der Waals surface area contributed by atoms with Crippen molar-refractivity contribution in [1.29, 1.82) is 0 Å². The van der Waals surface area contributed by atoms with Crippen molar-refractivity contribution in [3.63, 3.8) is 0 Å². The van der Waals surface area contributed by atoms with Gasteiger partial charge in [-0.25, -0.2) is 4.79 Å². The Morgan fingerprint density at radius 3 is 2.41 bits per heavy atom. The maximum Gasteiger partial charge on any atom is 0.332 e. The Morgan fingerprint density at radius 2 is 1.72 bits per heavy atom. The van der Waals surface area contributed by atoms with E-state index < -0.39 is 11.2 Å². The second-order valence-corrected chi connectivity index (χ2v) is 7.83. The van der Waals surface area contributed by atoms with Crippen molar-refractivity contribution >= 4 is 22.6 Å². The van der Waals surface area contributed by atoms with Gasteiger partial charge in [0.05, 0.1) is 12.1 Å². The van der Waals surface area contributed by atoms with Crippen molar-refractivity contribution in [3.8, 4) is 0 Å². The van der Waals surface area contributed by atoms with Crippen molar-refractivity contribution in [2.45, 2.75) is 40.4 Å². The van der Waals surface area contributed by atoms with Crippen LogP contribution in [-0.4, -0.2) is 24.8 Å². The standard InChI is InChI=1S/C24H25N5O3/c1-4-27-14-20-22(26-27)23(31)29(13-18-11-9-16(2)10-12-18)24(32)28(20)15-21(30)25-19-8-6-5-7-17(19)3/h5-12,14H,4,13,15H2,1-3H3,(H,25,30). The number of nitrogens with zero attached hydrogens (tertiary/aromatic N) is 4. The number of aryl methyl sites for hydroxylation is 3. The van der Waals surface area contributed by atoms with Gasteiger partial charge in [-0.1, -0.05) is 48.0 Å². The summed E-state index contributed by atoms with van der Waals surface area (Å²) in [6.45, 7) is 6.17. The van der Waals surface area contributed by atoms with Gasteiger partial charge in [-0.15, -0.1) is 0 Å². The molecule has 0 aliphatic heterocycles. The Hall–Kier alpha value is -3.94. The molecule has 0 unspecified atom stereocenters. The van der Waals surface area contributed by atoms with Crippen LogP contribution in [-0.2, 0) is 24.4 Å². The van der Waals surface area contributed by atoms with Gasteiger partial charge in [-0.3, -0.25) is 23.4 Å². The van der Waals surface area contributed by atoms with E-state index in [9.17, 15) is 14.4 Å². The number of carbonyl (C=O) groups excluding carboxylic acids is 1. The fraction of sp³-hybridized carbons (Fsp3) is 0.250. The van der Waals surface area contributed by atoms with Crippen LogP contribution in [0.3, 0.4) is 0 Å². The van der Waals surface area contributed by atoms with Gasteiger partial charge in [0.1, 0.15) is 6.54 Å². The largest absolute Gasteiger partial charge is 0.332 e. The van der Waals surface area contributed by atoms with Gasteiger partial charge >= 0.3 is 5.69 Å². The molecule has 0 saturated heterocycles. The maximum absolute atomic E-state index is 13.3. The summed E-state index contributed by atoms with van der Waals surface area (Å²) < 4.78 is 4.05. The molecule has 8 heteroatoms. The molecule has 4 aromatic rings. The highest BCUT2D eigenvalue weighted by Crippen LogP contribution is 2.14. The molecule has 0 saturated carbocycles. The van der Waals surface area contributed by atoms with Crippen LogP contribution in [0.25, 0.3) is 11.0 Å². The molecule has 32 heavy (non-hydrogen) atoms. The van der Waals surface area contributed by atoms with E-state index in [-0.39, 0.29) is 24.5 Å². The minimum Gasteiger partial charge on any atom is -0.324 e. The van der Waals surface area contributed by atoms with Crippen LogP contribution in [0.4, 0.5) is 5.69 Å². The van der Waals surface area contributed by atoms with Gasteiger partial charge in [0.25, 0.3) is 5.56 Å². The number of benzene rings is 2. The second kappa shape index (κ2) is 8.66. The normalized spacial score (nSPS) is 11.1. The molecular formula is C24H25N5O3. The monoisotopic (exact) mass is 431 g/mol. The topological polar surface area (TPSA) is 90.9 Å². The summed E-state index contributed by atoms with van der Waals surface area (Å²) in [5.41, 5.74) is 3.01. The van der Waals surface area contributed by atoms with Crippen LogP contribution in [0.15, 0.2) is 64.3 Å². The molecule has 2 aromatic heterocycles. The Morgan fingerprint density at radius 1 is 1.00 bits per heavy atom. The predicted octanol–water partition coefficient (Wildman–Crippen LogP) is 2.68. The van der Waals surface area contributed by atoms with Crippen LogP contribution >= 0.6 is 0 Å². The smallest absolute Gasteiger partial charge is 0.324 e. The number of fused-ring (bicyclic) bond motifs is 1. The zero-order valence-corrected chi connectivity index (χ0v) is 18.3. The minimum absolute atomic E-state index is 0.103. The summed E-state index contributed by atoms with van der Waals surface area (Å²) in [5, 5.41) is 7.19. The number of anilines is 1. The molecule has 164 valence electrons. The van der Waals surface area contributed by atoms with E-state index in [0.29, 0.717) is 17.7 Å². The van der Waals surface area contributed by atoms with Crippen molar-refractivity contribution < 1.29 is 4.79 Å². The molecule has 0 atom stereocenters. The van der Waals surface area contributed by atoms with Crippen LogP contribution < -0.4 is 16.6 Å². The first-order valence-electron chi connectivity index (χ1n) is 10.5. The van der Waals surface area contributed by atoms with Crippen LogP contribution in [0, 0.1) is 13.8 Å². The second-order valence-electron chi connectivity index (χ2n) is 7.83. The average Bonchev–Trinajstić information content (AvgIpc) is 3.22. The lowest BCUT2D eigenvalue weighted by Crippen LogP contribution is -2.41. The quantitative estimate of drug-likeness (QED) is 0.508. The van der Waals surface area contributed by atoms with E-state index in [4.69, 9.17) is 0 Å². The SMILES string of the molecule is CCn1cc2c(n1)c(=O)n(Cc1ccc(C)cc1)c(=O)n2CC(=O)Nc1ccccc1C. The summed E-state index contributed by atoms with van der Waals surface area (Å²) in [7, 11) is 0. The molecule has 8 nitrogen and oxygen atoms in total. The van der Waals surface area contributed by atoms with Crippen LogP contribution in [0.1, 0.15) is 23.6 Å². The van der Waals surface area contributed by atoms with E-state index in [1.807, 2.05) is 63.2 Å². The van der Waals surface area contributed by atoms with Crippen molar-refractivity contribution in [3.05, 3.63) is 92.3 Å². The number of aromatic nitrogens is 4. The molecule has 0 aliphatic rings. The third-order valence-electron chi connectivity index (χ3n) is 5.45. The number of amides is 1. The molecule has 0 aliphatic carbocycles. The Bertz CT molecular complexity index is 1410. The summed E-state index contributed by atoms with van der Waals surface area (Å²) in [6, 6.07) is 15.0.